The van der Waals surface area contributed by atoms with Gasteiger partial charge in [-0.1, -0.05) is 0 Å². The first-order chi connectivity index (χ1) is 12.6. The molecule has 138 valence electrons. The van der Waals surface area contributed by atoms with Gasteiger partial charge in [0, 0.05) is 31.7 Å². The van der Waals surface area contributed by atoms with Crippen LogP contribution in [0.2, 0.25) is 0 Å². The zero-order valence-corrected chi connectivity index (χ0v) is 14.5. The van der Waals surface area contributed by atoms with Crippen LogP contribution in [-0.4, -0.2) is 69.5 Å². The maximum Gasteiger partial charge on any atom is 0.273 e. The Morgan fingerprint density at radius 1 is 1.15 bits per heavy atom. The second kappa shape index (κ2) is 5.90. The summed E-state index contributed by atoms with van der Waals surface area (Å²) in [4.78, 5) is 48.2. The van der Waals surface area contributed by atoms with Crippen molar-refractivity contribution in [2.45, 2.75) is 56.2 Å². The second-order valence-electron chi connectivity index (χ2n) is 7.78. The van der Waals surface area contributed by atoms with Crippen LogP contribution in [-0.2, 0) is 9.53 Å². The predicted molar refractivity (Wildman–Crippen MR) is 90.7 cm³/mol. The fourth-order valence-corrected chi connectivity index (χ4v) is 4.43. The van der Waals surface area contributed by atoms with Gasteiger partial charge in [0.15, 0.2) is 0 Å². The fraction of sp³-hybridized carbons (Fsp3) is 0.667. The Balaban J connectivity index is 1.30. The van der Waals surface area contributed by atoms with E-state index in [2.05, 4.69) is 9.97 Å². The number of aromatic nitrogens is 2. The molecule has 1 aliphatic carbocycles. The molecule has 1 aromatic heterocycles. The van der Waals surface area contributed by atoms with Crippen molar-refractivity contribution in [3.63, 3.8) is 0 Å². The van der Waals surface area contributed by atoms with Crippen LogP contribution >= 0.6 is 0 Å². The van der Waals surface area contributed by atoms with Gasteiger partial charge in [-0.2, -0.15) is 0 Å². The van der Waals surface area contributed by atoms with Crippen LogP contribution in [0.1, 0.15) is 54.3 Å². The molecule has 0 spiro atoms. The smallest absolute Gasteiger partial charge is 0.273 e. The Morgan fingerprint density at radius 3 is 2.58 bits per heavy atom. The standard InChI is InChI=1S/C18H22N4O4/c23-15-7-13(19-16(20-15)10-3-4-10)17(24)21-8-12-6-11(21)9-22(12)18(25)14-2-1-5-26-14/h7,10-12,14H,1-6,8-9H2,(H,19,20,23)/t11-,12-,14?/m0/s1. The van der Waals surface area contributed by atoms with Gasteiger partial charge in [-0.15, -0.1) is 0 Å². The van der Waals surface area contributed by atoms with Crippen molar-refractivity contribution in [3.8, 4) is 0 Å². The van der Waals surface area contributed by atoms with Crippen molar-refractivity contribution in [1.29, 1.82) is 0 Å². The highest BCUT2D eigenvalue weighted by Gasteiger charge is 2.49. The second-order valence-corrected chi connectivity index (χ2v) is 7.78. The van der Waals surface area contributed by atoms with E-state index in [0.717, 1.165) is 32.1 Å². The van der Waals surface area contributed by atoms with Gasteiger partial charge in [0.25, 0.3) is 17.4 Å². The summed E-state index contributed by atoms with van der Waals surface area (Å²) in [5.74, 6) is 0.771. The van der Waals surface area contributed by atoms with Crippen molar-refractivity contribution in [3.05, 3.63) is 27.9 Å². The molecule has 3 saturated heterocycles. The molecule has 2 bridgehead atoms. The Kier molecular flexibility index (Phi) is 3.63. The molecule has 3 atom stereocenters. The summed E-state index contributed by atoms with van der Waals surface area (Å²) in [6, 6.07) is 1.34. The summed E-state index contributed by atoms with van der Waals surface area (Å²) in [6.07, 6.45) is 4.22. The minimum atomic E-state index is -0.311. The third kappa shape index (κ3) is 2.63. The summed E-state index contributed by atoms with van der Waals surface area (Å²) in [6.45, 7) is 1.71. The molecule has 8 nitrogen and oxygen atoms in total. The Morgan fingerprint density at radius 2 is 1.92 bits per heavy atom. The number of amides is 2. The summed E-state index contributed by atoms with van der Waals surface area (Å²) in [5.41, 5.74) is -0.0509. The summed E-state index contributed by atoms with van der Waals surface area (Å²) < 4.78 is 5.51. The van der Waals surface area contributed by atoms with Crippen LogP contribution in [0.5, 0.6) is 0 Å². The van der Waals surface area contributed by atoms with Crippen molar-refractivity contribution in [2.24, 2.45) is 0 Å². The van der Waals surface area contributed by atoms with Gasteiger partial charge in [0.1, 0.15) is 17.6 Å². The first-order valence-electron chi connectivity index (χ1n) is 9.44. The molecule has 1 aromatic rings. The van der Waals surface area contributed by atoms with E-state index in [1.165, 1.54) is 6.07 Å². The lowest BCUT2D eigenvalue weighted by molar-refractivity contribution is -0.143. The fourth-order valence-electron chi connectivity index (χ4n) is 4.43. The normalized spacial score (nSPS) is 30.2. The zero-order chi connectivity index (χ0) is 17.8. The lowest BCUT2D eigenvalue weighted by Crippen LogP contribution is -2.53. The highest BCUT2D eigenvalue weighted by molar-refractivity contribution is 5.93. The molecule has 4 fully saturated rings. The number of carbonyl (C=O) groups is 2. The van der Waals surface area contributed by atoms with E-state index >= 15 is 0 Å². The average molecular weight is 358 g/mol. The van der Waals surface area contributed by atoms with Gasteiger partial charge in [-0.3, -0.25) is 14.4 Å². The number of ether oxygens (including phenoxy) is 1. The molecule has 4 aliphatic rings. The SMILES string of the molecule is O=C(c1cc(=O)[nH]c(C2CC2)n1)N1C[C@@H]2C[C@H]1CN2C(=O)C1CCCO1. The maximum atomic E-state index is 12.9. The highest BCUT2D eigenvalue weighted by Crippen LogP contribution is 2.38. The van der Waals surface area contributed by atoms with E-state index < -0.39 is 0 Å². The van der Waals surface area contributed by atoms with E-state index in [4.69, 9.17) is 4.74 Å². The number of nitrogens with zero attached hydrogens (tertiary/aromatic N) is 3. The zero-order valence-electron chi connectivity index (χ0n) is 14.5. The van der Waals surface area contributed by atoms with Gasteiger partial charge in [-0.05, 0) is 32.1 Å². The van der Waals surface area contributed by atoms with E-state index in [-0.39, 0.29) is 47.2 Å². The minimum absolute atomic E-state index is 0.00307. The average Bonchev–Trinajstić information content (AvgIpc) is 3.06. The molecule has 3 aliphatic heterocycles. The lowest BCUT2D eigenvalue weighted by Gasteiger charge is -2.35. The molecule has 4 heterocycles. The molecule has 5 rings (SSSR count). The van der Waals surface area contributed by atoms with Gasteiger partial charge in [0.2, 0.25) is 0 Å². The van der Waals surface area contributed by atoms with Crippen molar-refractivity contribution in [1.82, 2.24) is 19.8 Å². The number of rotatable bonds is 3. The number of piperazine rings is 1. The van der Waals surface area contributed by atoms with E-state index in [1.807, 2.05) is 4.90 Å². The van der Waals surface area contributed by atoms with Crippen molar-refractivity contribution >= 4 is 11.8 Å². The first kappa shape index (κ1) is 16.0. The van der Waals surface area contributed by atoms with Crippen molar-refractivity contribution in [2.75, 3.05) is 19.7 Å². The lowest BCUT2D eigenvalue weighted by atomic mass is 10.2. The number of likely N-dealkylation sites (tertiary alicyclic amines) is 2. The quantitative estimate of drug-likeness (QED) is 0.836. The number of hydrogen-bond donors (Lipinski definition) is 1. The number of carbonyl (C=O) groups excluding carboxylic acids is 2. The molecule has 1 N–H and O–H groups in total. The molecule has 1 saturated carbocycles. The van der Waals surface area contributed by atoms with E-state index in [0.29, 0.717) is 25.5 Å². The number of H-pyrrole nitrogens is 1. The van der Waals surface area contributed by atoms with Crippen LogP contribution in [0, 0.1) is 0 Å². The van der Waals surface area contributed by atoms with Gasteiger partial charge in [0.05, 0.1) is 12.1 Å². The molecule has 1 unspecified atom stereocenters. The molecular formula is C18H22N4O4. The molecular weight excluding hydrogens is 336 g/mol. The van der Waals surface area contributed by atoms with Gasteiger partial charge in [-0.25, -0.2) is 4.98 Å². The van der Waals surface area contributed by atoms with Crippen LogP contribution in [0.4, 0.5) is 0 Å². The maximum absolute atomic E-state index is 12.9. The highest BCUT2D eigenvalue weighted by atomic mass is 16.5. The van der Waals surface area contributed by atoms with Gasteiger partial charge >= 0.3 is 0 Å². The molecule has 0 aromatic carbocycles. The number of hydrogen-bond acceptors (Lipinski definition) is 5. The topological polar surface area (TPSA) is 95.6 Å². The molecule has 0 radical (unpaired) electrons. The monoisotopic (exact) mass is 358 g/mol. The van der Waals surface area contributed by atoms with Gasteiger partial charge < -0.3 is 19.5 Å². The molecule has 8 heteroatoms. The molecule has 26 heavy (non-hydrogen) atoms. The Labute approximate surface area is 150 Å². The first-order valence-corrected chi connectivity index (χ1v) is 9.44. The van der Waals surface area contributed by atoms with Crippen LogP contribution in [0.3, 0.4) is 0 Å². The number of nitrogens with one attached hydrogen (secondary N) is 1. The summed E-state index contributed by atoms with van der Waals surface area (Å²) in [7, 11) is 0. The van der Waals surface area contributed by atoms with Crippen LogP contribution in [0.15, 0.2) is 10.9 Å². The van der Waals surface area contributed by atoms with E-state index in [9.17, 15) is 14.4 Å². The third-order valence-corrected chi connectivity index (χ3v) is 5.93. The summed E-state index contributed by atoms with van der Waals surface area (Å²) >= 11 is 0. The summed E-state index contributed by atoms with van der Waals surface area (Å²) in [5, 5.41) is 0. The van der Waals surface area contributed by atoms with Crippen LogP contribution < -0.4 is 5.56 Å². The Hall–Kier alpha value is -2.22. The van der Waals surface area contributed by atoms with Crippen LogP contribution in [0.25, 0.3) is 0 Å². The van der Waals surface area contributed by atoms with E-state index in [1.54, 1.807) is 4.90 Å². The number of fused-ring (bicyclic) bond motifs is 2. The molecule has 2 amide bonds. The Bertz CT molecular complexity index is 812. The largest absolute Gasteiger partial charge is 0.368 e. The van der Waals surface area contributed by atoms with Crippen molar-refractivity contribution < 1.29 is 14.3 Å². The number of aromatic amines is 1. The third-order valence-electron chi connectivity index (χ3n) is 5.93. The predicted octanol–water partition coefficient (Wildman–Crippen LogP) is 0.252. The minimum Gasteiger partial charge on any atom is -0.368 e.